The van der Waals surface area contributed by atoms with Gasteiger partial charge in [-0.05, 0) is 55.8 Å². The van der Waals surface area contributed by atoms with Crippen LogP contribution < -0.4 is 5.32 Å². The number of rotatable bonds is 9. The van der Waals surface area contributed by atoms with Crippen molar-refractivity contribution in [2.24, 2.45) is 0 Å². The molecular formula is C21H24Cl3N3O4S. The molecule has 0 heterocycles. The maximum absolute atomic E-state index is 13.2. The number of nitrogens with zero attached hydrogens (tertiary/aromatic N) is 2. The summed E-state index contributed by atoms with van der Waals surface area (Å²) in [6.45, 7) is 3.32. The van der Waals surface area contributed by atoms with Gasteiger partial charge in [0.15, 0.2) is 0 Å². The van der Waals surface area contributed by atoms with Gasteiger partial charge in [-0.2, -0.15) is 4.31 Å². The molecule has 0 bridgehead atoms. The van der Waals surface area contributed by atoms with E-state index in [1.165, 1.54) is 36.2 Å². The third-order valence-electron chi connectivity index (χ3n) is 4.73. The molecule has 0 spiro atoms. The lowest BCUT2D eigenvalue weighted by molar-refractivity contribution is -0.140. The summed E-state index contributed by atoms with van der Waals surface area (Å²) in [5.41, 5.74) is 0.645. The largest absolute Gasteiger partial charge is 0.355 e. The Kier molecular flexibility index (Phi) is 9.36. The number of hydrogen-bond acceptors (Lipinski definition) is 4. The molecule has 11 heteroatoms. The quantitative estimate of drug-likeness (QED) is 0.544. The van der Waals surface area contributed by atoms with E-state index in [4.69, 9.17) is 34.8 Å². The van der Waals surface area contributed by atoms with E-state index in [-0.39, 0.29) is 17.3 Å². The maximum Gasteiger partial charge on any atom is 0.243 e. The fourth-order valence-corrected chi connectivity index (χ4v) is 4.46. The van der Waals surface area contributed by atoms with E-state index in [9.17, 15) is 18.0 Å². The van der Waals surface area contributed by atoms with Crippen molar-refractivity contribution in [3.05, 3.63) is 63.1 Å². The third-order valence-corrected chi connectivity index (χ3v) is 7.54. The molecule has 0 fully saturated rings. The lowest BCUT2D eigenvalue weighted by Gasteiger charge is -2.30. The number of sulfonamides is 1. The van der Waals surface area contributed by atoms with Crippen molar-refractivity contribution in [3.8, 4) is 0 Å². The van der Waals surface area contributed by atoms with Gasteiger partial charge < -0.3 is 10.2 Å². The molecule has 32 heavy (non-hydrogen) atoms. The van der Waals surface area contributed by atoms with Gasteiger partial charge in [0, 0.05) is 25.2 Å². The van der Waals surface area contributed by atoms with Crippen LogP contribution in [-0.4, -0.2) is 55.6 Å². The van der Waals surface area contributed by atoms with E-state index in [2.05, 4.69) is 5.32 Å². The number of hydrogen-bond donors (Lipinski definition) is 1. The lowest BCUT2D eigenvalue weighted by Crippen LogP contribution is -2.50. The summed E-state index contributed by atoms with van der Waals surface area (Å²) in [6, 6.07) is 9.68. The van der Waals surface area contributed by atoms with Crippen LogP contribution in [0.3, 0.4) is 0 Å². The molecule has 0 aromatic heterocycles. The minimum Gasteiger partial charge on any atom is -0.355 e. The Morgan fingerprint density at radius 1 is 1.03 bits per heavy atom. The van der Waals surface area contributed by atoms with Crippen LogP contribution in [0.15, 0.2) is 47.4 Å². The summed E-state index contributed by atoms with van der Waals surface area (Å²) in [6.07, 6.45) is 0. The Hall–Kier alpha value is -1.84. The summed E-state index contributed by atoms with van der Waals surface area (Å²) in [5.74, 6) is -0.904. The van der Waals surface area contributed by atoms with Gasteiger partial charge in [0.05, 0.1) is 21.5 Å². The molecule has 7 nitrogen and oxygen atoms in total. The van der Waals surface area contributed by atoms with Gasteiger partial charge >= 0.3 is 0 Å². The highest BCUT2D eigenvalue weighted by Gasteiger charge is 2.30. The third kappa shape index (κ3) is 6.59. The molecule has 1 N–H and O–H groups in total. The second-order valence-electron chi connectivity index (χ2n) is 7.06. The van der Waals surface area contributed by atoms with Gasteiger partial charge in [0.2, 0.25) is 21.8 Å². The fourth-order valence-electron chi connectivity index (χ4n) is 2.89. The molecule has 0 saturated carbocycles. The first kappa shape index (κ1) is 26.4. The second kappa shape index (κ2) is 11.3. The van der Waals surface area contributed by atoms with Crippen molar-refractivity contribution in [2.75, 3.05) is 20.1 Å². The molecule has 174 valence electrons. The number of amides is 2. The van der Waals surface area contributed by atoms with E-state index >= 15 is 0 Å². The number of nitrogens with one attached hydrogen (secondary N) is 1. The highest BCUT2D eigenvalue weighted by Crippen LogP contribution is 2.24. The molecule has 0 aliphatic carbocycles. The van der Waals surface area contributed by atoms with Gasteiger partial charge in [-0.15, -0.1) is 0 Å². The van der Waals surface area contributed by atoms with Gasteiger partial charge in [-0.1, -0.05) is 40.9 Å². The summed E-state index contributed by atoms with van der Waals surface area (Å²) in [5, 5.41) is 3.74. The van der Waals surface area contributed by atoms with Crippen molar-refractivity contribution in [1.29, 1.82) is 0 Å². The fraction of sp³-hybridized carbons (Fsp3) is 0.333. The topological polar surface area (TPSA) is 86.8 Å². The minimum absolute atomic E-state index is 0.00464. The van der Waals surface area contributed by atoms with Gasteiger partial charge in [0.25, 0.3) is 0 Å². The monoisotopic (exact) mass is 519 g/mol. The van der Waals surface area contributed by atoms with Crippen LogP contribution in [-0.2, 0) is 26.2 Å². The van der Waals surface area contributed by atoms with Crippen LogP contribution in [0, 0.1) is 0 Å². The summed E-state index contributed by atoms with van der Waals surface area (Å²) in [4.78, 5) is 26.9. The zero-order valence-corrected chi connectivity index (χ0v) is 20.9. The molecule has 0 aliphatic heterocycles. The highest BCUT2D eigenvalue weighted by atomic mass is 35.5. The molecule has 1 atom stereocenters. The maximum atomic E-state index is 13.2. The minimum atomic E-state index is -3.94. The predicted octanol–water partition coefficient (Wildman–Crippen LogP) is 3.82. The Morgan fingerprint density at radius 3 is 2.22 bits per heavy atom. The first-order valence-electron chi connectivity index (χ1n) is 9.70. The van der Waals surface area contributed by atoms with Crippen molar-refractivity contribution >= 4 is 56.6 Å². The molecule has 0 unspecified atom stereocenters. The molecule has 2 aromatic rings. The zero-order valence-electron chi connectivity index (χ0n) is 17.8. The molecule has 0 radical (unpaired) electrons. The normalized spacial score (nSPS) is 12.5. The Labute approximate surface area is 203 Å². The van der Waals surface area contributed by atoms with Crippen molar-refractivity contribution in [2.45, 2.75) is 31.3 Å². The van der Waals surface area contributed by atoms with E-state index in [1.54, 1.807) is 32.0 Å². The van der Waals surface area contributed by atoms with E-state index in [1.807, 2.05) is 0 Å². The van der Waals surface area contributed by atoms with E-state index < -0.39 is 28.5 Å². The van der Waals surface area contributed by atoms with Crippen LogP contribution in [0.4, 0.5) is 0 Å². The van der Waals surface area contributed by atoms with Crippen LogP contribution in [0.2, 0.25) is 15.1 Å². The van der Waals surface area contributed by atoms with Crippen molar-refractivity contribution in [1.82, 2.24) is 14.5 Å². The number of benzene rings is 2. The highest BCUT2D eigenvalue weighted by molar-refractivity contribution is 7.89. The number of carbonyl (C=O) groups is 2. The molecular weight excluding hydrogens is 497 g/mol. The smallest absolute Gasteiger partial charge is 0.243 e. The number of halogens is 3. The first-order chi connectivity index (χ1) is 15.0. The molecule has 0 saturated heterocycles. The van der Waals surface area contributed by atoms with E-state index in [0.29, 0.717) is 27.2 Å². The lowest BCUT2D eigenvalue weighted by atomic mass is 10.1. The molecule has 2 rings (SSSR count). The molecule has 0 aliphatic rings. The summed E-state index contributed by atoms with van der Waals surface area (Å²) < 4.78 is 26.6. The van der Waals surface area contributed by atoms with Crippen molar-refractivity contribution < 1.29 is 18.0 Å². The van der Waals surface area contributed by atoms with E-state index in [0.717, 1.165) is 4.31 Å². The zero-order chi connectivity index (χ0) is 24.1. The average molecular weight is 521 g/mol. The molecule has 2 amide bonds. The number of likely N-dealkylation sites (N-methyl/N-ethyl adjacent to an activating group) is 2. The number of carbonyl (C=O) groups excluding carboxylic acids is 2. The summed E-state index contributed by atoms with van der Waals surface area (Å²) in [7, 11) is -2.64. The first-order valence-corrected chi connectivity index (χ1v) is 12.3. The van der Waals surface area contributed by atoms with Gasteiger partial charge in [-0.3, -0.25) is 9.59 Å². The standard InChI is InChI=1S/C21H24Cl3N3O4S/c1-4-25-21(29)14(2)27(12-15-5-10-18(23)19(24)11-15)20(28)13-26(3)32(30,31)17-8-6-16(22)7-9-17/h5-11,14H,4,12-13H2,1-3H3,(H,25,29)/t14-/m1/s1. The van der Waals surface area contributed by atoms with Crippen LogP contribution in [0.25, 0.3) is 0 Å². The Balaban J connectivity index is 2.28. The van der Waals surface area contributed by atoms with Crippen molar-refractivity contribution in [3.63, 3.8) is 0 Å². The van der Waals surface area contributed by atoms with Crippen LogP contribution >= 0.6 is 34.8 Å². The Morgan fingerprint density at radius 2 is 1.66 bits per heavy atom. The van der Waals surface area contributed by atoms with Crippen LogP contribution in [0.1, 0.15) is 19.4 Å². The van der Waals surface area contributed by atoms with Gasteiger partial charge in [-0.25, -0.2) is 8.42 Å². The average Bonchev–Trinajstić information content (AvgIpc) is 2.74. The SMILES string of the molecule is CCNC(=O)[C@@H](C)N(Cc1ccc(Cl)c(Cl)c1)C(=O)CN(C)S(=O)(=O)c1ccc(Cl)cc1. The van der Waals surface area contributed by atoms with Crippen LogP contribution in [0.5, 0.6) is 0 Å². The van der Waals surface area contributed by atoms with Gasteiger partial charge in [0.1, 0.15) is 6.04 Å². The predicted molar refractivity (Wildman–Crippen MR) is 126 cm³/mol. The second-order valence-corrected chi connectivity index (χ2v) is 10.4. The summed E-state index contributed by atoms with van der Waals surface area (Å²) >= 11 is 17.9. The molecule has 2 aromatic carbocycles. The Bertz CT molecular complexity index is 1080.